The molecule has 1 aromatic carbocycles. The highest BCUT2D eigenvalue weighted by Gasteiger charge is 2.25. The molecule has 0 radical (unpaired) electrons. The smallest absolute Gasteiger partial charge is 0.229 e. The van der Waals surface area contributed by atoms with E-state index in [0.717, 1.165) is 25.5 Å². The molecule has 0 saturated heterocycles. The Morgan fingerprint density at radius 1 is 1.24 bits per heavy atom. The van der Waals surface area contributed by atoms with Crippen molar-refractivity contribution in [2.45, 2.75) is 31.7 Å². The number of amides is 1. The minimum Gasteiger partial charge on any atom is -0.328 e. The number of nitrogens with one attached hydrogen (secondary N) is 2. The van der Waals surface area contributed by atoms with Crippen molar-refractivity contribution in [2.24, 2.45) is 11.7 Å². The second-order valence-electron chi connectivity index (χ2n) is 5.53. The Hall–Kier alpha value is -1.60. The van der Waals surface area contributed by atoms with Crippen LogP contribution >= 0.6 is 0 Å². The Balaban J connectivity index is 2.10. The fourth-order valence-electron chi connectivity index (χ4n) is 2.58. The number of para-hydroxylation sites is 2. The number of carbonyl (C=O) groups is 1. The third kappa shape index (κ3) is 4.71. The van der Waals surface area contributed by atoms with Crippen molar-refractivity contribution < 1.29 is 13.2 Å². The van der Waals surface area contributed by atoms with Gasteiger partial charge in [0.05, 0.1) is 17.6 Å². The standard InChI is InChI=1S/C14H21N3O3S/c1-21(19,20)17-13-8-3-2-7-12(13)16-14(18)10-5-4-6-11(15)9-10/h2-3,7-8,10-11,17H,4-6,9,15H2,1H3,(H,16,18). The van der Waals surface area contributed by atoms with Crippen LogP contribution in [0.1, 0.15) is 25.7 Å². The van der Waals surface area contributed by atoms with Gasteiger partial charge in [0.25, 0.3) is 0 Å². The molecule has 1 amide bonds. The lowest BCUT2D eigenvalue weighted by atomic mass is 9.85. The lowest BCUT2D eigenvalue weighted by Gasteiger charge is -2.26. The van der Waals surface area contributed by atoms with Crippen LogP contribution in [0.25, 0.3) is 0 Å². The van der Waals surface area contributed by atoms with Crippen molar-refractivity contribution in [3.63, 3.8) is 0 Å². The Kier molecular flexibility index (Phi) is 4.84. The Morgan fingerprint density at radius 2 is 1.90 bits per heavy atom. The van der Waals surface area contributed by atoms with Crippen molar-refractivity contribution in [1.82, 2.24) is 0 Å². The van der Waals surface area contributed by atoms with Gasteiger partial charge in [0.2, 0.25) is 15.9 Å². The molecule has 21 heavy (non-hydrogen) atoms. The molecule has 0 spiro atoms. The number of anilines is 2. The fraction of sp³-hybridized carbons (Fsp3) is 0.500. The van der Waals surface area contributed by atoms with Gasteiger partial charge in [-0.2, -0.15) is 0 Å². The molecule has 6 nitrogen and oxygen atoms in total. The van der Waals surface area contributed by atoms with Gasteiger partial charge in [-0.15, -0.1) is 0 Å². The van der Waals surface area contributed by atoms with Crippen molar-refractivity contribution in [2.75, 3.05) is 16.3 Å². The molecule has 1 saturated carbocycles. The lowest BCUT2D eigenvalue weighted by Crippen LogP contribution is -2.34. The molecule has 0 heterocycles. The maximum absolute atomic E-state index is 12.3. The molecule has 2 atom stereocenters. The molecule has 7 heteroatoms. The topological polar surface area (TPSA) is 101 Å². The summed E-state index contributed by atoms with van der Waals surface area (Å²) in [4.78, 5) is 12.3. The zero-order chi connectivity index (χ0) is 15.5. The first-order valence-corrected chi connectivity index (χ1v) is 8.87. The summed E-state index contributed by atoms with van der Waals surface area (Å²) in [6.07, 6.45) is 4.47. The van der Waals surface area contributed by atoms with Gasteiger partial charge < -0.3 is 11.1 Å². The SMILES string of the molecule is CS(=O)(=O)Nc1ccccc1NC(=O)C1CCCC(N)C1. The summed E-state index contributed by atoms with van der Waals surface area (Å²) in [6.45, 7) is 0. The summed E-state index contributed by atoms with van der Waals surface area (Å²) in [5.41, 5.74) is 6.73. The predicted molar refractivity (Wildman–Crippen MR) is 83.5 cm³/mol. The summed E-state index contributed by atoms with van der Waals surface area (Å²) in [6, 6.07) is 6.81. The second-order valence-corrected chi connectivity index (χ2v) is 7.28. The Labute approximate surface area is 125 Å². The van der Waals surface area contributed by atoms with Crippen LogP contribution < -0.4 is 15.8 Å². The molecule has 0 bridgehead atoms. The maximum Gasteiger partial charge on any atom is 0.229 e. The van der Waals surface area contributed by atoms with E-state index in [1.165, 1.54) is 0 Å². The van der Waals surface area contributed by atoms with Gasteiger partial charge in [-0.05, 0) is 31.4 Å². The van der Waals surface area contributed by atoms with Crippen LogP contribution in [0, 0.1) is 5.92 Å². The number of benzene rings is 1. The molecule has 1 aliphatic rings. The highest BCUT2D eigenvalue weighted by Crippen LogP contribution is 2.27. The number of nitrogens with two attached hydrogens (primary N) is 1. The van der Waals surface area contributed by atoms with E-state index < -0.39 is 10.0 Å². The van der Waals surface area contributed by atoms with Gasteiger partial charge in [0, 0.05) is 12.0 Å². The van der Waals surface area contributed by atoms with Gasteiger partial charge in [-0.25, -0.2) is 8.42 Å². The van der Waals surface area contributed by atoms with Gasteiger partial charge in [-0.3, -0.25) is 9.52 Å². The molecule has 2 rings (SSSR count). The first-order valence-electron chi connectivity index (χ1n) is 6.98. The van der Waals surface area contributed by atoms with Crippen molar-refractivity contribution >= 4 is 27.3 Å². The first-order chi connectivity index (χ1) is 9.85. The van der Waals surface area contributed by atoms with Crippen LogP contribution in [0.2, 0.25) is 0 Å². The summed E-state index contributed by atoms with van der Waals surface area (Å²) in [5.74, 6) is -0.215. The van der Waals surface area contributed by atoms with Crippen LogP contribution in [0.15, 0.2) is 24.3 Å². The van der Waals surface area contributed by atoms with Crippen molar-refractivity contribution in [3.05, 3.63) is 24.3 Å². The zero-order valence-corrected chi connectivity index (χ0v) is 12.8. The summed E-state index contributed by atoms with van der Waals surface area (Å²) >= 11 is 0. The second kappa shape index (κ2) is 6.44. The molecule has 4 N–H and O–H groups in total. The van der Waals surface area contributed by atoms with Crippen molar-refractivity contribution in [3.8, 4) is 0 Å². The van der Waals surface area contributed by atoms with E-state index in [9.17, 15) is 13.2 Å². The van der Waals surface area contributed by atoms with Crippen molar-refractivity contribution in [1.29, 1.82) is 0 Å². The minimum atomic E-state index is -3.39. The third-order valence-corrected chi connectivity index (χ3v) is 4.16. The number of rotatable bonds is 4. The van der Waals surface area contributed by atoms with E-state index in [0.29, 0.717) is 17.8 Å². The van der Waals surface area contributed by atoms with E-state index in [-0.39, 0.29) is 17.9 Å². The number of sulfonamides is 1. The van der Waals surface area contributed by atoms with Gasteiger partial charge in [0.15, 0.2) is 0 Å². The van der Waals surface area contributed by atoms with E-state index in [1.807, 2.05) is 0 Å². The first kappa shape index (κ1) is 15.8. The largest absolute Gasteiger partial charge is 0.328 e. The Morgan fingerprint density at radius 3 is 2.52 bits per heavy atom. The highest BCUT2D eigenvalue weighted by molar-refractivity contribution is 7.92. The van der Waals surface area contributed by atoms with E-state index in [2.05, 4.69) is 10.0 Å². The quantitative estimate of drug-likeness (QED) is 0.784. The minimum absolute atomic E-state index is 0.0684. The van der Waals surface area contributed by atoms with Crippen LogP contribution in [0.3, 0.4) is 0 Å². The summed E-state index contributed by atoms with van der Waals surface area (Å²) in [5, 5.41) is 2.80. The average molecular weight is 311 g/mol. The molecule has 1 aliphatic carbocycles. The third-order valence-electron chi connectivity index (χ3n) is 3.57. The van der Waals surface area contributed by atoms with Crippen LogP contribution in [-0.2, 0) is 14.8 Å². The van der Waals surface area contributed by atoms with Crippen LogP contribution in [0.4, 0.5) is 11.4 Å². The molecule has 2 unspecified atom stereocenters. The summed E-state index contributed by atoms with van der Waals surface area (Å²) < 4.78 is 25.1. The molecular weight excluding hydrogens is 290 g/mol. The average Bonchev–Trinajstić information content (AvgIpc) is 2.39. The lowest BCUT2D eigenvalue weighted by molar-refractivity contribution is -0.120. The molecule has 0 aliphatic heterocycles. The number of carbonyl (C=O) groups excluding carboxylic acids is 1. The molecular formula is C14H21N3O3S. The Bertz CT molecular complexity index is 616. The number of hydrogen-bond donors (Lipinski definition) is 3. The van der Waals surface area contributed by atoms with E-state index in [4.69, 9.17) is 5.73 Å². The van der Waals surface area contributed by atoms with Crippen LogP contribution in [-0.4, -0.2) is 26.6 Å². The number of hydrogen-bond acceptors (Lipinski definition) is 4. The monoisotopic (exact) mass is 311 g/mol. The maximum atomic E-state index is 12.3. The molecule has 1 aromatic rings. The highest BCUT2D eigenvalue weighted by atomic mass is 32.2. The molecule has 0 aromatic heterocycles. The van der Waals surface area contributed by atoms with Gasteiger partial charge in [-0.1, -0.05) is 18.6 Å². The molecule has 116 valence electrons. The summed E-state index contributed by atoms with van der Waals surface area (Å²) in [7, 11) is -3.39. The van der Waals surface area contributed by atoms with E-state index in [1.54, 1.807) is 24.3 Å². The zero-order valence-electron chi connectivity index (χ0n) is 12.0. The predicted octanol–water partition coefficient (Wildman–Crippen LogP) is 1.51. The van der Waals surface area contributed by atoms with Gasteiger partial charge in [0.1, 0.15) is 0 Å². The normalized spacial score (nSPS) is 22.6. The van der Waals surface area contributed by atoms with Crippen LogP contribution in [0.5, 0.6) is 0 Å². The van der Waals surface area contributed by atoms with E-state index >= 15 is 0 Å². The van der Waals surface area contributed by atoms with Gasteiger partial charge >= 0.3 is 0 Å². The fourth-order valence-corrected chi connectivity index (χ4v) is 3.16. The molecule has 1 fully saturated rings.